The van der Waals surface area contributed by atoms with Gasteiger partial charge in [-0.2, -0.15) is 5.10 Å². The highest BCUT2D eigenvalue weighted by molar-refractivity contribution is 5.94. The Morgan fingerprint density at radius 2 is 2.24 bits per heavy atom. The number of hydrogen-bond donors (Lipinski definition) is 0. The third kappa shape index (κ3) is 2.93. The van der Waals surface area contributed by atoms with E-state index >= 15 is 0 Å². The zero-order chi connectivity index (χ0) is 12.3. The normalized spacial score (nSPS) is 10.2. The predicted octanol–water partition coefficient (Wildman–Crippen LogP) is 2.20. The second-order valence-corrected chi connectivity index (χ2v) is 3.85. The van der Waals surface area contributed by atoms with Crippen LogP contribution in [0.1, 0.15) is 23.0 Å². The number of Topliss-reactive ketones (excluding diaryl/α,β-unsaturated/α-hetero) is 1. The molecule has 88 valence electrons. The number of carbonyl (C=O) groups is 1. The van der Waals surface area contributed by atoms with Crippen LogP contribution in [0.3, 0.4) is 0 Å². The van der Waals surface area contributed by atoms with E-state index in [0.717, 1.165) is 5.69 Å². The standard InChI is InChI=1S/C13H14N2O2/c1-10(16)11-4-3-5-13(8-11)17-9-12-6-7-15(2)14-12/h3-8H,9H2,1-2H3. The summed E-state index contributed by atoms with van der Waals surface area (Å²) in [7, 11) is 1.86. The van der Waals surface area contributed by atoms with Gasteiger partial charge in [0.1, 0.15) is 12.4 Å². The summed E-state index contributed by atoms with van der Waals surface area (Å²) in [4.78, 5) is 11.2. The minimum absolute atomic E-state index is 0.0355. The van der Waals surface area contributed by atoms with Gasteiger partial charge in [0.2, 0.25) is 0 Å². The van der Waals surface area contributed by atoms with Crippen LogP contribution in [0.15, 0.2) is 36.5 Å². The molecule has 0 aliphatic rings. The van der Waals surface area contributed by atoms with E-state index < -0.39 is 0 Å². The number of aryl methyl sites for hydroxylation is 1. The summed E-state index contributed by atoms with van der Waals surface area (Å²) in [5.41, 5.74) is 1.52. The largest absolute Gasteiger partial charge is 0.487 e. The molecule has 1 heterocycles. The molecule has 2 aromatic rings. The number of carbonyl (C=O) groups excluding carboxylic acids is 1. The van der Waals surface area contributed by atoms with E-state index in [-0.39, 0.29) is 5.78 Å². The smallest absolute Gasteiger partial charge is 0.159 e. The molecule has 0 atom stereocenters. The first-order chi connectivity index (χ1) is 8.15. The second kappa shape index (κ2) is 4.82. The highest BCUT2D eigenvalue weighted by Gasteiger charge is 2.02. The molecule has 0 unspecified atom stereocenters. The highest BCUT2D eigenvalue weighted by atomic mass is 16.5. The van der Waals surface area contributed by atoms with Gasteiger partial charge < -0.3 is 4.74 Å². The van der Waals surface area contributed by atoms with Crippen LogP contribution in [0.5, 0.6) is 5.75 Å². The fourth-order valence-corrected chi connectivity index (χ4v) is 1.50. The molecule has 4 heteroatoms. The van der Waals surface area contributed by atoms with Crippen molar-refractivity contribution in [2.75, 3.05) is 0 Å². The topological polar surface area (TPSA) is 44.1 Å². The minimum atomic E-state index is 0.0355. The highest BCUT2D eigenvalue weighted by Crippen LogP contribution is 2.15. The Morgan fingerprint density at radius 3 is 2.88 bits per heavy atom. The molecule has 4 nitrogen and oxygen atoms in total. The summed E-state index contributed by atoms with van der Waals surface area (Å²) in [5.74, 6) is 0.719. The van der Waals surface area contributed by atoms with Gasteiger partial charge in [-0.3, -0.25) is 9.48 Å². The number of aromatic nitrogens is 2. The average Bonchev–Trinajstić information content (AvgIpc) is 2.73. The van der Waals surface area contributed by atoms with Gasteiger partial charge >= 0.3 is 0 Å². The van der Waals surface area contributed by atoms with E-state index in [9.17, 15) is 4.79 Å². The Labute approximate surface area is 99.8 Å². The number of hydrogen-bond acceptors (Lipinski definition) is 3. The lowest BCUT2D eigenvalue weighted by atomic mass is 10.1. The molecular weight excluding hydrogens is 216 g/mol. The lowest BCUT2D eigenvalue weighted by Gasteiger charge is -2.05. The summed E-state index contributed by atoms with van der Waals surface area (Å²) in [5, 5.41) is 4.21. The maximum Gasteiger partial charge on any atom is 0.159 e. The third-order valence-corrected chi connectivity index (χ3v) is 2.40. The van der Waals surface area contributed by atoms with Crippen molar-refractivity contribution in [3.63, 3.8) is 0 Å². The molecule has 0 bridgehead atoms. The summed E-state index contributed by atoms with van der Waals surface area (Å²) in [6, 6.07) is 9.05. The number of ketones is 1. The van der Waals surface area contributed by atoms with Crippen molar-refractivity contribution >= 4 is 5.78 Å². The Balaban J connectivity index is 2.04. The summed E-state index contributed by atoms with van der Waals surface area (Å²) in [6.07, 6.45) is 1.87. The predicted molar refractivity (Wildman–Crippen MR) is 64.0 cm³/mol. The van der Waals surface area contributed by atoms with Gasteiger partial charge in [-0.05, 0) is 25.1 Å². The van der Waals surface area contributed by atoms with Gasteiger partial charge in [-0.1, -0.05) is 12.1 Å². The molecule has 0 saturated carbocycles. The zero-order valence-electron chi connectivity index (χ0n) is 9.88. The van der Waals surface area contributed by atoms with Crippen LogP contribution in [-0.4, -0.2) is 15.6 Å². The SMILES string of the molecule is CC(=O)c1cccc(OCc2ccn(C)n2)c1. The minimum Gasteiger partial charge on any atom is -0.487 e. The number of benzene rings is 1. The Hall–Kier alpha value is -2.10. The summed E-state index contributed by atoms with van der Waals surface area (Å²) >= 11 is 0. The van der Waals surface area contributed by atoms with Crippen LogP contribution in [0.4, 0.5) is 0 Å². The molecule has 0 saturated heterocycles. The molecule has 0 fully saturated rings. The van der Waals surface area contributed by atoms with Gasteiger partial charge in [-0.25, -0.2) is 0 Å². The Bertz CT molecular complexity index is 532. The molecule has 2 rings (SSSR count). The van der Waals surface area contributed by atoms with Crippen LogP contribution >= 0.6 is 0 Å². The maximum atomic E-state index is 11.2. The molecule has 17 heavy (non-hydrogen) atoms. The van der Waals surface area contributed by atoms with Crippen molar-refractivity contribution in [2.45, 2.75) is 13.5 Å². The van der Waals surface area contributed by atoms with Crippen LogP contribution < -0.4 is 4.74 Å². The van der Waals surface area contributed by atoms with E-state index in [1.165, 1.54) is 6.92 Å². The summed E-state index contributed by atoms with van der Waals surface area (Å²) < 4.78 is 7.30. The molecule has 0 aliphatic carbocycles. The number of rotatable bonds is 4. The van der Waals surface area contributed by atoms with Crippen molar-refractivity contribution in [2.24, 2.45) is 7.05 Å². The van der Waals surface area contributed by atoms with E-state index in [4.69, 9.17) is 4.74 Å². The van der Waals surface area contributed by atoms with E-state index in [2.05, 4.69) is 5.10 Å². The number of ether oxygens (including phenoxy) is 1. The van der Waals surface area contributed by atoms with E-state index in [1.807, 2.05) is 31.4 Å². The molecule has 1 aromatic carbocycles. The van der Waals surface area contributed by atoms with Gasteiger partial charge in [0.05, 0.1) is 5.69 Å². The fourth-order valence-electron chi connectivity index (χ4n) is 1.50. The van der Waals surface area contributed by atoms with Crippen molar-refractivity contribution in [1.82, 2.24) is 9.78 Å². The lowest BCUT2D eigenvalue weighted by Crippen LogP contribution is -1.99. The summed E-state index contributed by atoms with van der Waals surface area (Å²) in [6.45, 7) is 1.94. The van der Waals surface area contributed by atoms with Crippen LogP contribution in [0.2, 0.25) is 0 Å². The van der Waals surface area contributed by atoms with Gasteiger partial charge in [0.25, 0.3) is 0 Å². The van der Waals surface area contributed by atoms with Crippen molar-refractivity contribution in [3.8, 4) is 5.75 Å². The van der Waals surface area contributed by atoms with Crippen molar-refractivity contribution in [1.29, 1.82) is 0 Å². The molecule has 1 aromatic heterocycles. The number of nitrogens with zero attached hydrogens (tertiary/aromatic N) is 2. The molecule has 0 aliphatic heterocycles. The Kier molecular flexibility index (Phi) is 3.23. The van der Waals surface area contributed by atoms with Gasteiger partial charge in [0, 0.05) is 18.8 Å². The molecule has 0 amide bonds. The first-order valence-corrected chi connectivity index (χ1v) is 5.37. The van der Waals surface area contributed by atoms with Crippen LogP contribution in [0, 0.1) is 0 Å². The quantitative estimate of drug-likeness (QED) is 0.756. The molecule has 0 radical (unpaired) electrons. The lowest BCUT2D eigenvalue weighted by molar-refractivity contribution is 0.101. The Morgan fingerprint density at radius 1 is 1.41 bits per heavy atom. The van der Waals surface area contributed by atoms with Crippen molar-refractivity contribution in [3.05, 3.63) is 47.8 Å². The van der Waals surface area contributed by atoms with E-state index in [1.54, 1.807) is 16.8 Å². The van der Waals surface area contributed by atoms with E-state index in [0.29, 0.717) is 17.9 Å². The zero-order valence-corrected chi connectivity index (χ0v) is 9.88. The van der Waals surface area contributed by atoms with Crippen molar-refractivity contribution < 1.29 is 9.53 Å². The average molecular weight is 230 g/mol. The van der Waals surface area contributed by atoms with Gasteiger partial charge in [0.15, 0.2) is 5.78 Å². The second-order valence-electron chi connectivity index (χ2n) is 3.85. The maximum absolute atomic E-state index is 11.2. The molecule has 0 spiro atoms. The van der Waals surface area contributed by atoms with Gasteiger partial charge in [-0.15, -0.1) is 0 Å². The first-order valence-electron chi connectivity index (χ1n) is 5.37. The monoisotopic (exact) mass is 230 g/mol. The molecule has 0 N–H and O–H groups in total. The fraction of sp³-hybridized carbons (Fsp3) is 0.231. The van der Waals surface area contributed by atoms with Crippen LogP contribution in [-0.2, 0) is 13.7 Å². The molecular formula is C13H14N2O2. The third-order valence-electron chi connectivity index (χ3n) is 2.40. The van der Waals surface area contributed by atoms with Crippen LogP contribution in [0.25, 0.3) is 0 Å². The first kappa shape index (κ1) is 11.4.